The van der Waals surface area contributed by atoms with Gasteiger partial charge in [-0.2, -0.15) is 0 Å². The van der Waals surface area contributed by atoms with E-state index in [0.29, 0.717) is 11.4 Å². The maximum Gasteiger partial charge on any atom is 0.259 e. The van der Waals surface area contributed by atoms with Crippen molar-refractivity contribution in [3.8, 4) is 5.75 Å². The maximum atomic E-state index is 13.1. The number of hydrogen-bond acceptors (Lipinski definition) is 3. The Morgan fingerprint density at radius 3 is 2.42 bits per heavy atom. The van der Waals surface area contributed by atoms with E-state index >= 15 is 0 Å². The fourth-order valence-electron chi connectivity index (χ4n) is 2.16. The lowest BCUT2D eigenvalue weighted by Crippen LogP contribution is -2.15. The van der Waals surface area contributed by atoms with Gasteiger partial charge in [0.15, 0.2) is 0 Å². The molecule has 0 bridgehead atoms. The van der Waals surface area contributed by atoms with Gasteiger partial charge in [-0.3, -0.25) is 9.59 Å². The van der Waals surface area contributed by atoms with Gasteiger partial charge < -0.3 is 15.7 Å². The number of hydrogen-bond donors (Lipinski definition) is 3. The Bertz CT molecular complexity index is 821. The quantitative estimate of drug-likeness (QED) is 0.736. The molecule has 0 spiro atoms. The zero-order valence-corrected chi connectivity index (χ0v) is 13.2. The van der Waals surface area contributed by atoms with Gasteiger partial charge in [-0.15, -0.1) is 0 Å². The highest BCUT2D eigenvalue weighted by Gasteiger charge is 2.29. The maximum absolute atomic E-state index is 13.1. The third kappa shape index (κ3) is 3.65. The largest absolute Gasteiger partial charge is 0.507 e. The zero-order chi connectivity index (χ0) is 17.3. The molecule has 0 aromatic heterocycles. The Morgan fingerprint density at radius 2 is 1.75 bits per heavy atom. The number of carbonyl (C=O) groups excluding carboxylic acids is 2. The summed E-state index contributed by atoms with van der Waals surface area (Å²) in [7, 11) is 0. The predicted molar refractivity (Wildman–Crippen MR) is 88.8 cm³/mol. The van der Waals surface area contributed by atoms with Gasteiger partial charge >= 0.3 is 0 Å². The second-order valence-corrected chi connectivity index (χ2v) is 5.99. The minimum atomic E-state index is -0.599. The highest BCUT2D eigenvalue weighted by molar-refractivity contribution is 6.31. The number of anilines is 2. The Hall–Kier alpha value is -2.60. The molecule has 0 radical (unpaired) electrons. The van der Waals surface area contributed by atoms with Gasteiger partial charge in [-0.25, -0.2) is 4.39 Å². The molecule has 3 rings (SSSR count). The minimum Gasteiger partial charge on any atom is -0.507 e. The van der Waals surface area contributed by atoms with E-state index in [-0.39, 0.29) is 28.2 Å². The van der Waals surface area contributed by atoms with Crippen molar-refractivity contribution in [2.24, 2.45) is 5.92 Å². The van der Waals surface area contributed by atoms with Crippen LogP contribution in [0.2, 0.25) is 5.02 Å². The molecule has 0 atom stereocenters. The number of rotatable bonds is 4. The van der Waals surface area contributed by atoms with Crippen LogP contribution in [0.15, 0.2) is 36.4 Å². The molecule has 0 saturated heterocycles. The highest BCUT2D eigenvalue weighted by atomic mass is 35.5. The second-order valence-electron chi connectivity index (χ2n) is 5.58. The van der Waals surface area contributed by atoms with E-state index in [0.717, 1.165) is 18.9 Å². The van der Waals surface area contributed by atoms with Crippen molar-refractivity contribution in [1.29, 1.82) is 0 Å². The first kappa shape index (κ1) is 16.3. The van der Waals surface area contributed by atoms with Crippen molar-refractivity contribution in [2.45, 2.75) is 12.8 Å². The van der Waals surface area contributed by atoms with Gasteiger partial charge in [0.2, 0.25) is 5.91 Å². The van der Waals surface area contributed by atoms with Gasteiger partial charge in [0.1, 0.15) is 11.6 Å². The molecule has 24 heavy (non-hydrogen) atoms. The molecule has 7 heteroatoms. The number of aromatic hydroxyl groups is 1. The van der Waals surface area contributed by atoms with Crippen LogP contribution in [0.5, 0.6) is 5.75 Å². The molecule has 2 aromatic carbocycles. The molecule has 124 valence electrons. The van der Waals surface area contributed by atoms with Gasteiger partial charge in [-0.05, 0) is 49.2 Å². The van der Waals surface area contributed by atoms with Gasteiger partial charge in [0, 0.05) is 17.3 Å². The first-order valence-electron chi connectivity index (χ1n) is 7.34. The third-order valence-corrected chi connectivity index (χ3v) is 3.92. The predicted octanol–water partition coefficient (Wildman–Crippen LogP) is 3.79. The van der Waals surface area contributed by atoms with Crippen LogP contribution >= 0.6 is 11.6 Å². The van der Waals surface area contributed by atoms with Crippen molar-refractivity contribution in [3.63, 3.8) is 0 Å². The van der Waals surface area contributed by atoms with E-state index in [1.807, 2.05) is 0 Å². The van der Waals surface area contributed by atoms with Crippen LogP contribution in [-0.4, -0.2) is 16.9 Å². The molecule has 1 aliphatic rings. The van der Waals surface area contributed by atoms with Crippen molar-refractivity contribution in [1.82, 2.24) is 0 Å². The second kappa shape index (κ2) is 6.49. The number of carbonyl (C=O) groups is 2. The Balaban J connectivity index is 1.77. The molecule has 0 aliphatic heterocycles. The van der Waals surface area contributed by atoms with E-state index in [9.17, 15) is 19.1 Å². The highest BCUT2D eigenvalue weighted by Crippen LogP contribution is 2.31. The van der Waals surface area contributed by atoms with E-state index < -0.39 is 11.7 Å². The lowest BCUT2D eigenvalue weighted by molar-refractivity contribution is -0.117. The molecule has 0 heterocycles. The topological polar surface area (TPSA) is 78.4 Å². The van der Waals surface area contributed by atoms with Crippen LogP contribution in [0.1, 0.15) is 23.2 Å². The summed E-state index contributed by atoms with van der Waals surface area (Å²) in [6, 6.07) is 7.98. The summed E-state index contributed by atoms with van der Waals surface area (Å²) in [5, 5.41) is 15.0. The monoisotopic (exact) mass is 348 g/mol. The van der Waals surface area contributed by atoms with E-state index in [2.05, 4.69) is 10.6 Å². The standard InChI is InChI=1S/C17H14ClFN2O3/c18-13-8-11(3-5-14(13)19)21-17(24)12-7-10(4-6-15(12)22)20-16(23)9-1-2-9/h3-9,22H,1-2H2,(H,20,23)(H,21,24). The lowest BCUT2D eigenvalue weighted by Gasteiger charge is -2.10. The van der Waals surface area contributed by atoms with Crippen LogP contribution in [-0.2, 0) is 4.79 Å². The number of phenolic OH excluding ortho intramolecular Hbond substituents is 1. The van der Waals surface area contributed by atoms with Crippen molar-refractivity contribution in [3.05, 3.63) is 52.8 Å². The molecule has 1 saturated carbocycles. The van der Waals surface area contributed by atoms with Gasteiger partial charge in [0.05, 0.1) is 10.6 Å². The molecule has 2 amide bonds. The van der Waals surface area contributed by atoms with Crippen LogP contribution in [0.3, 0.4) is 0 Å². The Labute approximate surface area is 142 Å². The normalized spacial score (nSPS) is 13.4. The van der Waals surface area contributed by atoms with Crippen molar-refractivity contribution in [2.75, 3.05) is 10.6 Å². The molecular weight excluding hydrogens is 335 g/mol. The van der Waals surface area contributed by atoms with E-state index in [1.165, 1.54) is 30.3 Å². The SMILES string of the molecule is O=C(Nc1ccc(F)c(Cl)c1)c1cc(NC(=O)C2CC2)ccc1O. The number of benzene rings is 2. The van der Waals surface area contributed by atoms with Crippen LogP contribution < -0.4 is 10.6 Å². The van der Waals surface area contributed by atoms with Crippen molar-refractivity contribution >= 4 is 34.8 Å². The van der Waals surface area contributed by atoms with Gasteiger partial charge in [-0.1, -0.05) is 11.6 Å². The first-order valence-corrected chi connectivity index (χ1v) is 7.72. The first-order chi connectivity index (χ1) is 11.4. The zero-order valence-electron chi connectivity index (χ0n) is 12.5. The summed E-state index contributed by atoms with van der Waals surface area (Å²) in [6.07, 6.45) is 1.73. The molecule has 3 N–H and O–H groups in total. The molecular formula is C17H14ClFN2O3. The fourth-order valence-corrected chi connectivity index (χ4v) is 2.34. The summed E-state index contributed by atoms with van der Waals surface area (Å²) in [6.45, 7) is 0. The summed E-state index contributed by atoms with van der Waals surface area (Å²) < 4.78 is 13.1. The van der Waals surface area contributed by atoms with Crippen LogP contribution in [0.4, 0.5) is 15.8 Å². The molecule has 1 fully saturated rings. The minimum absolute atomic E-state index is 0.0101. The number of amides is 2. The summed E-state index contributed by atoms with van der Waals surface area (Å²) in [5.74, 6) is -1.50. The molecule has 5 nitrogen and oxygen atoms in total. The van der Waals surface area contributed by atoms with Crippen LogP contribution in [0, 0.1) is 11.7 Å². The van der Waals surface area contributed by atoms with Crippen LogP contribution in [0.25, 0.3) is 0 Å². The molecule has 1 aliphatic carbocycles. The smallest absolute Gasteiger partial charge is 0.259 e. The summed E-state index contributed by atoms with van der Waals surface area (Å²) in [4.78, 5) is 24.1. The number of nitrogens with one attached hydrogen (secondary N) is 2. The Kier molecular flexibility index (Phi) is 4.40. The average Bonchev–Trinajstić information content (AvgIpc) is 3.37. The summed E-state index contributed by atoms with van der Waals surface area (Å²) >= 11 is 5.67. The lowest BCUT2D eigenvalue weighted by atomic mass is 10.1. The van der Waals surface area contributed by atoms with Crippen molar-refractivity contribution < 1.29 is 19.1 Å². The number of phenols is 1. The van der Waals surface area contributed by atoms with E-state index in [4.69, 9.17) is 11.6 Å². The average molecular weight is 349 g/mol. The Morgan fingerprint density at radius 1 is 1.08 bits per heavy atom. The number of halogens is 2. The third-order valence-electron chi connectivity index (χ3n) is 3.63. The fraction of sp³-hybridized carbons (Fsp3) is 0.176. The summed E-state index contributed by atoms with van der Waals surface area (Å²) in [5.41, 5.74) is 0.703. The van der Waals surface area contributed by atoms with Gasteiger partial charge in [0.25, 0.3) is 5.91 Å². The molecule has 0 unspecified atom stereocenters. The molecule has 2 aromatic rings. The van der Waals surface area contributed by atoms with E-state index in [1.54, 1.807) is 0 Å².